The monoisotopic (exact) mass is 974 g/mol. The summed E-state index contributed by atoms with van der Waals surface area (Å²) < 4.78 is 37.7. The van der Waals surface area contributed by atoms with Crippen LogP contribution in [-0.4, -0.2) is 74.5 Å². The Morgan fingerprint density at radius 1 is 0.301 bits per heavy atom. The molecule has 12 rings (SSSR count). The highest BCUT2D eigenvalue weighted by Crippen LogP contribution is 2.54. The number of amides is 4. The number of carbonyl (C=O) groups is 4. The molecule has 4 amide bonds. The fourth-order valence-corrected chi connectivity index (χ4v) is 11.7. The number of fused-ring (bicyclic) bond motifs is 10. The minimum absolute atomic E-state index is 0.263. The van der Waals surface area contributed by atoms with Gasteiger partial charge >= 0.3 is 0 Å². The summed E-state index contributed by atoms with van der Waals surface area (Å²) in [5, 5.41) is 0. The largest absolute Gasteiger partial charge is 0.372 e. The lowest BCUT2D eigenvalue weighted by Gasteiger charge is -2.23. The van der Waals surface area contributed by atoms with Crippen LogP contribution >= 0.6 is 0 Å². The molecule has 368 valence electrons. The number of ether oxygens (including phenoxy) is 6. The van der Waals surface area contributed by atoms with E-state index in [1.807, 2.05) is 170 Å². The summed E-state index contributed by atoms with van der Waals surface area (Å²) >= 11 is 0. The maximum absolute atomic E-state index is 14.3. The van der Waals surface area contributed by atoms with Crippen LogP contribution < -0.4 is 9.80 Å². The molecule has 8 atom stereocenters. The third-order valence-corrected chi connectivity index (χ3v) is 15.2. The molecule has 4 fully saturated rings. The summed E-state index contributed by atoms with van der Waals surface area (Å²) in [5.41, 5.74) is 10.6. The second-order valence-corrected chi connectivity index (χ2v) is 19.6. The molecule has 73 heavy (non-hydrogen) atoms. The Morgan fingerprint density at radius 3 is 0.795 bits per heavy atom. The van der Waals surface area contributed by atoms with Gasteiger partial charge in [0.05, 0.1) is 112 Å². The Balaban J connectivity index is 0.701. The molecule has 4 bridgehead atoms. The topological polar surface area (TPSA) is 130 Å². The molecule has 12 nitrogen and oxygen atoms in total. The van der Waals surface area contributed by atoms with Gasteiger partial charge in [0, 0.05) is 0 Å². The highest BCUT2D eigenvalue weighted by molar-refractivity contribution is 6.24. The molecule has 6 heterocycles. The lowest BCUT2D eigenvalue weighted by atomic mass is 9.77. The van der Waals surface area contributed by atoms with Crippen molar-refractivity contribution in [3.05, 3.63) is 226 Å². The molecular weight excluding hydrogens is 921 g/mol. The van der Waals surface area contributed by atoms with Gasteiger partial charge in [0.1, 0.15) is 0 Å². The molecule has 4 saturated heterocycles. The Hall–Kier alpha value is -7.16. The SMILES string of the molecule is O=C1C2C3OC(C(COCc4ccccc4)=C3COCc3ccccc3)C2C(=O)N1c1ccc(Cc2ccc(N3C(=O)C4C5OC(C(COCc6ccccc6)=C5COCc5ccccc5)C4C3=O)cc2)cc1. The van der Waals surface area contributed by atoms with Gasteiger partial charge in [-0.2, -0.15) is 0 Å². The molecule has 0 N–H and O–H groups in total. The number of hydrogen-bond donors (Lipinski definition) is 0. The van der Waals surface area contributed by atoms with Gasteiger partial charge in [0.2, 0.25) is 23.6 Å². The number of nitrogens with zero attached hydrogens (tertiary/aromatic N) is 2. The molecule has 0 radical (unpaired) electrons. The first-order valence-electron chi connectivity index (χ1n) is 25.0. The van der Waals surface area contributed by atoms with Gasteiger partial charge < -0.3 is 28.4 Å². The van der Waals surface area contributed by atoms with Crippen LogP contribution in [0.3, 0.4) is 0 Å². The minimum atomic E-state index is -0.654. The van der Waals surface area contributed by atoms with Gasteiger partial charge in [-0.25, -0.2) is 9.80 Å². The van der Waals surface area contributed by atoms with Crippen LogP contribution in [0.5, 0.6) is 0 Å². The summed E-state index contributed by atoms with van der Waals surface area (Å²) in [5.74, 6) is -3.72. The van der Waals surface area contributed by atoms with Gasteiger partial charge in [-0.1, -0.05) is 146 Å². The van der Waals surface area contributed by atoms with Crippen molar-refractivity contribution in [1.29, 1.82) is 0 Å². The van der Waals surface area contributed by atoms with Crippen molar-refractivity contribution < 1.29 is 47.6 Å². The number of carbonyl (C=O) groups excluding carboxylic acids is 4. The van der Waals surface area contributed by atoms with E-state index in [4.69, 9.17) is 28.4 Å². The Bertz CT molecular complexity index is 2700. The lowest BCUT2D eigenvalue weighted by Crippen LogP contribution is -2.35. The van der Waals surface area contributed by atoms with E-state index in [0.717, 1.165) is 55.7 Å². The fraction of sp³-hybridized carbons (Fsp3) is 0.279. The molecule has 6 aromatic carbocycles. The van der Waals surface area contributed by atoms with Gasteiger partial charge in [0.15, 0.2) is 0 Å². The summed E-state index contributed by atoms with van der Waals surface area (Å²) in [6.45, 7) is 2.65. The highest BCUT2D eigenvalue weighted by atomic mass is 16.5. The Labute approximate surface area is 423 Å². The summed E-state index contributed by atoms with van der Waals surface area (Å²) in [7, 11) is 0. The number of hydrogen-bond acceptors (Lipinski definition) is 10. The highest BCUT2D eigenvalue weighted by Gasteiger charge is 2.66. The maximum Gasteiger partial charge on any atom is 0.240 e. The summed E-state index contributed by atoms with van der Waals surface area (Å²) in [6, 6.07) is 54.6. The van der Waals surface area contributed by atoms with E-state index in [2.05, 4.69) is 0 Å². The van der Waals surface area contributed by atoms with Crippen molar-refractivity contribution in [3.8, 4) is 0 Å². The molecular formula is C61H54N2O10. The maximum atomic E-state index is 14.3. The Morgan fingerprint density at radius 2 is 0.548 bits per heavy atom. The number of anilines is 2. The van der Waals surface area contributed by atoms with Gasteiger partial charge in [-0.3, -0.25) is 19.2 Å². The Kier molecular flexibility index (Phi) is 13.1. The van der Waals surface area contributed by atoms with Crippen LogP contribution in [0.2, 0.25) is 0 Å². The fourth-order valence-electron chi connectivity index (χ4n) is 11.7. The van der Waals surface area contributed by atoms with Crippen molar-refractivity contribution >= 4 is 35.0 Å². The molecule has 12 heteroatoms. The second kappa shape index (κ2) is 20.4. The molecule has 0 spiro atoms. The van der Waals surface area contributed by atoms with Gasteiger partial charge in [-0.15, -0.1) is 0 Å². The predicted molar refractivity (Wildman–Crippen MR) is 270 cm³/mol. The zero-order valence-electron chi connectivity index (χ0n) is 40.1. The van der Waals surface area contributed by atoms with Crippen molar-refractivity contribution in [1.82, 2.24) is 0 Å². The van der Waals surface area contributed by atoms with Crippen LogP contribution in [0, 0.1) is 23.7 Å². The third kappa shape index (κ3) is 8.98. The van der Waals surface area contributed by atoms with Crippen molar-refractivity contribution in [3.63, 3.8) is 0 Å². The van der Waals surface area contributed by atoms with E-state index in [0.29, 0.717) is 44.2 Å². The van der Waals surface area contributed by atoms with Crippen molar-refractivity contribution in [2.45, 2.75) is 57.3 Å². The summed E-state index contributed by atoms with van der Waals surface area (Å²) in [6.07, 6.45) is -1.79. The van der Waals surface area contributed by atoms with Crippen molar-refractivity contribution in [2.75, 3.05) is 36.2 Å². The predicted octanol–water partition coefficient (Wildman–Crippen LogP) is 8.51. The van der Waals surface area contributed by atoms with E-state index in [-0.39, 0.29) is 50.1 Å². The molecule has 0 aliphatic carbocycles. The van der Waals surface area contributed by atoms with Crippen LogP contribution in [0.4, 0.5) is 11.4 Å². The van der Waals surface area contributed by atoms with E-state index in [1.165, 1.54) is 9.80 Å². The van der Waals surface area contributed by atoms with E-state index in [1.54, 1.807) is 0 Å². The zero-order valence-corrected chi connectivity index (χ0v) is 40.1. The molecule has 6 aliphatic heterocycles. The standard InChI is InChI=1S/C61H54N2O10/c64-58-50-51(55-47(35-69-31-41-15-7-2-8-16-41)46(54(50)72-55)34-68-30-40-13-5-1-6-14-40)59(65)62(58)44-25-21-38(22-26-44)29-39-23-27-45(28-24-39)63-60(66)52-53(61(63)67)57-49(37-71-33-43-19-11-4-12-20-43)48(56(52)73-57)36-70-32-42-17-9-3-10-18-42/h1-28,50-57H,29-37H2. The number of imide groups is 2. The quantitative estimate of drug-likeness (QED) is 0.0543. The van der Waals surface area contributed by atoms with E-state index in [9.17, 15) is 19.2 Å². The van der Waals surface area contributed by atoms with Gasteiger partial charge in [0.25, 0.3) is 0 Å². The molecule has 6 aliphatic rings. The molecule has 6 aromatic rings. The third-order valence-electron chi connectivity index (χ3n) is 15.2. The van der Waals surface area contributed by atoms with Crippen molar-refractivity contribution in [2.24, 2.45) is 23.7 Å². The minimum Gasteiger partial charge on any atom is -0.372 e. The van der Waals surface area contributed by atoms with E-state index >= 15 is 0 Å². The lowest BCUT2D eigenvalue weighted by molar-refractivity contribution is -0.126. The number of benzene rings is 6. The zero-order chi connectivity index (χ0) is 49.4. The van der Waals surface area contributed by atoms with Crippen LogP contribution in [-0.2, 0) is 80.4 Å². The molecule has 8 unspecified atom stereocenters. The van der Waals surface area contributed by atoms with Crippen LogP contribution in [0.15, 0.2) is 192 Å². The smallest absolute Gasteiger partial charge is 0.240 e. The second-order valence-electron chi connectivity index (χ2n) is 19.6. The molecule has 0 saturated carbocycles. The molecule has 0 aromatic heterocycles. The van der Waals surface area contributed by atoms with Crippen LogP contribution in [0.25, 0.3) is 0 Å². The van der Waals surface area contributed by atoms with Crippen LogP contribution in [0.1, 0.15) is 33.4 Å². The average molecular weight is 975 g/mol. The first-order chi connectivity index (χ1) is 35.9. The first-order valence-corrected chi connectivity index (χ1v) is 25.0. The van der Waals surface area contributed by atoms with Gasteiger partial charge in [-0.05, 0) is 86.4 Å². The average Bonchev–Trinajstić information content (AvgIpc) is 4.27. The normalized spacial score (nSPS) is 24.7. The van der Waals surface area contributed by atoms with E-state index < -0.39 is 48.1 Å². The number of rotatable bonds is 20. The first kappa shape index (κ1) is 46.9. The summed E-state index contributed by atoms with van der Waals surface area (Å²) in [4.78, 5) is 59.7.